The molecule has 0 aliphatic carbocycles. The molecule has 0 saturated carbocycles. The minimum absolute atomic E-state index is 0.110. The fourth-order valence-electron chi connectivity index (χ4n) is 10.2. The number of carboxylic acid groups (broad SMARTS) is 1. The molecule has 324 valence electrons. The highest BCUT2D eigenvalue weighted by molar-refractivity contribution is 6.07. The van der Waals surface area contributed by atoms with Gasteiger partial charge in [-0.2, -0.15) is 4.58 Å². The van der Waals surface area contributed by atoms with Gasteiger partial charge in [-0.25, -0.2) is 0 Å². The van der Waals surface area contributed by atoms with Crippen LogP contribution in [0.2, 0.25) is 0 Å². The molecule has 2 aliphatic rings. The van der Waals surface area contributed by atoms with Crippen molar-refractivity contribution in [2.45, 2.75) is 161 Å². The molecule has 0 radical (unpaired) electrons. The van der Waals surface area contributed by atoms with E-state index in [1.54, 1.807) is 0 Å². The molecule has 0 spiro atoms. The van der Waals surface area contributed by atoms with Gasteiger partial charge in [-0.1, -0.05) is 189 Å². The third kappa shape index (κ3) is 11.4. The summed E-state index contributed by atoms with van der Waals surface area (Å²) >= 11 is 0. The number of anilines is 1. The highest BCUT2D eigenvalue weighted by atomic mass is 16.4. The molecule has 61 heavy (non-hydrogen) atoms. The third-order valence-electron chi connectivity index (χ3n) is 13.5. The number of aliphatic carboxylic acids is 1. The van der Waals surface area contributed by atoms with Crippen LogP contribution >= 0.6 is 0 Å². The summed E-state index contributed by atoms with van der Waals surface area (Å²) in [6.07, 6.45) is 37.6. The number of rotatable bonds is 25. The van der Waals surface area contributed by atoms with E-state index in [2.05, 4.69) is 159 Å². The SMILES string of the molecule is CCCCCCCCCCCCCCCCN1C(=CC=CC=CC=CC2=[N+](CCCCCC(=O)O)c3ccc4ccccc4c3C2(C)C)C(C)(C)c2c1ccc1ccccc21. The molecule has 6 rings (SSSR count). The van der Waals surface area contributed by atoms with Crippen LogP contribution in [0, 0.1) is 0 Å². The van der Waals surface area contributed by atoms with Crippen molar-refractivity contribution in [3.05, 3.63) is 132 Å². The second-order valence-electron chi connectivity index (χ2n) is 18.8. The fourth-order valence-corrected chi connectivity index (χ4v) is 10.2. The number of fused-ring (bicyclic) bond motifs is 6. The summed E-state index contributed by atoms with van der Waals surface area (Å²) < 4.78 is 2.48. The monoisotopic (exact) mass is 820 g/mol. The van der Waals surface area contributed by atoms with E-state index in [-0.39, 0.29) is 17.3 Å². The van der Waals surface area contributed by atoms with Crippen molar-refractivity contribution in [2.75, 3.05) is 18.0 Å². The van der Waals surface area contributed by atoms with E-state index in [0.29, 0.717) is 6.42 Å². The number of hydrogen-bond donors (Lipinski definition) is 1. The summed E-state index contributed by atoms with van der Waals surface area (Å²) in [4.78, 5) is 13.8. The van der Waals surface area contributed by atoms with Gasteiger partial charge in [-0.15, -0.1) is 0 Å². The van der Waals surface area contributed by atoms with Crippen LogP contribution in [-0.4, -0.2) is 34.5 Å². The van der Waals surface area contributed by atoms with Crippen molar-refractivity contribution < 1.29 is 14.5 Å². The van der Waals surface area contributed by atoms with E-state index in [9.17, 15) is 4.79 Å². The Labute approximate surface area is 368 Å². The van der Waals surface area contributed by atoms with Crippen molar-refractivity contribution in [1.82, 2.24) is 0 Å². The van der Waals surface area contributed by atoms with Gasteiger partial charge in [0.15, 0.2) is 5.71 Å². The van der Waals surface area contributed by atoms with Gasteiger partial charge in [-0.05, 0) is 78.4 Å². The molecule has 0 aromatic heterocycles. The Morgan fingerprint density at radius 1 is 0.590 bits per heavy atom. The minimum Gasteiger partial charge on any atom is -0.481 e. The van der Waals surface area contributed by atoms with Gasteiger partial charge >= 0.3 is 5.97 Å². The van der Waals surface area contributed by atoms with Crippen LogP contribution in [0.15, 0.2) is 121 Å². The van der Waals surface area contributed by atoms with Crippen LogP contribution in [0.3, 0.4) is 0 Å². The molecule has 0 bridgehead atoms. The van der Waals surface area contributed by atoms with Crippen LogP contribution in [0.25, 0.3) is 21.5 Å². The molecule has 4 heteroatoms. The molecule has 0 atom stereocenters. The summed E-state index contributed by atoms with van der Waals surface area (Å²) in [6, 6.07) is 26.8. The predicted molar refractivity (Wildman–Crippen MR) is 263 cm³/mol. The summed E-state index contributed by atoms with van der Waals surface area (Å²) in [5.74, 6) is -0.713. The molecule has 2 aliphatic heterocycles. The van der Waals surface area contributed by atoms with E-state index < -0.39 is 5.97 Å². The van der Waals surface area contributed by atoms with Crippen LogP contribution < -0.4 is 4.90 Å². The third-order valence-corrected chi connectivity index (χ3v) is 13.5. The zero-order valence-corrected chi connectivity index (χ0v) is 38.4. The first-order valence-corrected chi connectivity index (χ1v) is 24.1. The average molecular weight is 820 g/mol. The Balaban J connectivity index is 1.11. The fraction of sp³-hybridized carbons (Fsp3) is 0.474. The number of hydrogen-bond acceptors (Lipinski definition) is 2. The first-order chi connectivity index (χ1) is 29.7. The van der Waals surface area contributed by atoms with E-state index in [0.717, 1.165) is 25.9 Å². The maximum Gasteiger partial charge on any atom is 0.303 e. The van der Waals surface area contributed by atoms with Crippen LogP contribution in [0.4, 0.5) is 11.4 Å². The number of allylic oxidation sites excluding steroid dienone is 8. The molecule has 4 aromatic rings. The topological polar surface area (TPSA) is 43.5 Å². The largest absolute Gasteiger partial charge is 0.481 e. The zero-order chi connectivity index (χ0) is 43.1. The molecule has 0 amide bonds. The Bertz CT molecular complexity index is 2230. The van der Waals surface area contributed by atoms with E-state index in [1.807, 2.05) is 0 Å². The lowest BCUT2D eigenvalue weighted by Crippen LogP contribution is -2.28. The van der Waals surface area contributed by atoms with Crippen LogP contribution in [-0.2, 0) is 15.6 Å². The lowest BCUT2D eigenvalue weighted by molar-refractivity contribution is -0.438. The molecule has 2 heterocycles. The quantitative estimate of drug-likeness (QED) is 0.0411. The van der Waals surface area contributed by atoms with Crippen molar-refractivity contribution in [2.24, 2.45) is 0 Å². The number of benzene rings is 4. The Kier molecular flexibility index (Phi) is 16.8. The first-order valence-electron chi connectivity index (χ1n) is 24.1. The lowest BCUT2D eigenvalue weighted by Gasteiger charge is -2.27. The molecular weight excluding hydrogens is 745 g/mol. The van der Waals surface area contributed by atoms with Crippen molar-refractivity contribution in [3.63, 3.8) is 0 Å². The first kappa shape index (κ1) is 45.8. The van der Waals surface area contributed by atoms with Crippen molar-refractivity contribution >= 4 is 44.6 Å². The minimum atomic E-state index is -0.713. The van der Waals surface area contributed by atoms with E-state index in [4.69, 9.17) is 5.11 Å². The van der Waals surface area contributed by atoms with Gasteiger partial charge < -0.3 is 10.0 Å². The van der Waals surface area contributed by atoms with Gasteiger partial charge in [0.25, 0.3) is 0 Å². The second-order valence-corrected chi connectivity index (χ2v) is 18.8. The smallest absolute Gasteiger partial charge is 0.303 e. The molecule has 4 nitrogen and oxygen atoms in total. The van der Waals surface area contributed by atoms with Crippen molar-refractivity contribution in [3.8, 4) is 0 Å². The predicted octanol–water partition coefficient (Wildman–Crippen LogP) is 15.8. The van der Waals surface area contributed by atoms with Crippen LogP contribution in [0.1, 0.15) is 161 Å². The summed E-state index contributed by atoms with van der Waals surface area (Å²) in [6.45, 7) is 13.7. The van der Waals surface area contributed by atoms with Gasteiger partial charge in [0.05, 0.1) is 5.41 Å². The molecule has 0 unspecified atom stereocenters. The van der Waals surface area contributed by atoms with Gasteiger partial charge in [0, 0.05) is 53.9 Å². The standard InChI is InChI=1S/C57H74N2O2/c1-6-7-8-9-10-11-12-13-14-15-16-17-21-30-43-58-49-41-39-45-32-26-28-34-47(45)54(49)56(2,3)51(58)36-23-19-18-20-24-37-52-57(4,5)55-48-35-29-27-33-46(48)40-42-50(55)59(52)44-31-22-25-38-53(60)61/h18-20,23-24,26-29,32-37,39-42H,6-17,21-22,25,30-31,38,43-44H2,1-5H3/p+1. The number of carboxylic acids is 1. The molecule has 0 fully saturated rings. The van der Waals surface area contributed by atoms with Crippen molar-refractivity contribution in [1.29, 1.82) is 0 Å². The number of nitrogens with zero attached hydrogens (tertiary/aromatic N) is 2. The highest BCUT2D eigenvalue weighted by Crippen LogP contribution is 2.51. The van der Waals surface area contributed by atoms with Crippen LogP contribution in [0.5, 0.6) is 0 Å². The maximum absolute atomic E-state index is 11.1. The summed E-state index contributed by atoms with van der Waals surface area (Å²) in [5, 5.41) is 14.4. The number of carbonyl (C=O) groups is 1. The number of unbranched alkanes of at least 4 members (excludes halogenated alkanes) is 15. The summed E-state index contributed by atoms with van der Waals surface area (Å²) in [5.41, 5.74) is 7.83. The molecule has 1 N–H and O–H groups in total. The Morgan fingerprint density at radius 2 is 1.13 bits per heavy atom. The Morgan fingerprint density at radius 3 is 1.77 bits per heavy atom. The molecule has 4 aromatic carbocycles. The molecular formula is C57H75N2O2+. The zero-order valence-electron chi connectivity index (χ0n) is 38.4. The highest BCUT2D eigenvalue weighted by Gasteiger charge is 2.45. The second kappa shape index (κ2) is 22.4. The summed E-state index contributed by atoms with van der Waals surface area (Å²) in [7, 11) is 0. The van der Waals surface area contributed by atoms with Gasteiger partial charge in [0.1, 0.15) is 6.54 Å². The van der Waals surface area contributed by atoms with Gasteiger partial charge in [0.2, 0.25) is 5.69 Å². The lowest BCUT2D eigenvalue weighted by atomic mass is 9.79. The van der Waals surface area contributed by atoms with E-state index >= 15 is 0 Å². The van der Waals surface area contributed by atoms with Gasteiger partial charge in [-0.3, -0.25) is 4.79 Å². The maximum atomic E-state index is 11.1. The molecule has 0 saturated heterocycles. The normalized spacial score (nSPS) is 16.4. The van der Waals surface area contributed by atoms with E-state index in [1.165, 1.54) is 145 Å². The average Bonchev–Trinajstić information content (AvgIpc) is 3.61. The Hall–Kier alpha value is -4.70.